The van der Waals surface area contributed by atoms with Gasteiger partial charge in [-0.15, -0.1) is 0 Å². The van der Waals surface area contributed by atoms with E-state index in [0.717, 1.165) is 19.4 Å². The number of benzene rings is 1. The first-order valence-electron chi connectivity index (χ1n) is 7.91. The average molecular weight is 329 g/mol. The van der Waals surface area contributed by atoms with Gasteiger partial charge in [0.1, 0.15) is 17.3 Å². The Balaban J connectivity index is 2.13. The molecule has 0 aliphatic heterocycles. The quantitative estimate of drug-likeness (QED) is 0.725. The van der Waals surface area contributed by atoms with Crippen molar-refractivity contribution < 1.29 is 14.3 Å². The maximum absolute atomic E-state index is 12.5. The van der Waals surface area contributed by atoms with Crippen LogP contribution in [0.25, 0.3) is 0 Å². The van der Waals surface area contributed by atoms with Crippen molar-refractivity contribution in [2.75, 3.05) is 31.4 Å². The summed E-state index contributed by atoms with van der Waals surface area (Å²) >= 11 is 0. The molecule has 2 aromatic rings. The van der Waals surface area contributed by atoms with E-state index in [1.165, 1.54) is 0 Å². The highest BCUT2D eigenvalue weighted by Crippen LogP contribution is 2.29. The van der Waals surface area contributed by atoms with Crippen LogP contribution in [0.5, 0.6) is 11.5 Å². The molecule has 0 aliphatic rings. The minimum absolute atomic E-state index is 0.234. The molecule has 0 bridgehead atoms. The van der Waals surface area contributed by atoms with Crippen LogP contribution in [0.1, 0.15) is 30.1 Å². The third kappa shape index (κ3) is 4.62. The molecule has 6 heteroatoms. The van der Waals surface area contributed by atoms with E-state index in [9.17, 15) is 4.79 Å². The van der Waals surface area contributed by atoms with Crippen molar-refractivity contribution in [3.63, 3.8) is 0 Å². The van der Waals surface area contributed by atoms with E-state index >= 15 is 0 Å². The molecule has 0 saturated carbocycles. The highest BCUT2D eigenvalue weighted by atomic mass is 16.5. The summed E-state index contributed by atoms with van der Waals surface area (Å²) in [7, 11) is 3.13. The monoisotopic (exact) mass is 329 g/mol. The molecule has 0 aliphatic carbocycles. The fourth-order valence-electron chi connectivity index (χ4n) is 2.17. The summed E-state index contributed by atoms with van der Waals surface area (Å²) in [6.07, 6.45) is 3.77. The summed E-state index contributed by atoms with van der Waals surface area (Å²) in [6.45, 7) is 2.96. The van der Waals surface area contributed by atoms with E-state index in [2.05, 4.69) is 22.5 Å². The van der Waals surface area contributed by atoms with Crippen LogP contribution >= 0.6 is 0 Å². The van der Waals surface area contributed by atoms with Gasteiger partial charge in [-0.3, -0.25) is 4.79 Å². The molecule has 0 unspecified atom stereocenters. The van der Waals surface area contributed by atoms with Gasteiger partial charge in [0.2, 0.25) is 0 Å². The third-order valence-electron chi connectivity index (χ3n) is 3.51. The minimum Gasteiger partial charge on any atom is -0.497 e. The van der Waals surface area contributed by atoms with Crippen molar-refractivity contribution in [3.8, 4) is 11.5 Å². The predicted octanol–water partition coefficient (Wildman–Crippen LogP) is 3.56. The van der Waals surface area contributed by atoms with Crippen LogP contribution in [-0.2, 0) is 0 Å². The number of amides is 1. The highest BCUT2D eigenvalue weighted by Gasteiger charge is 2.12. The fraction of sp³-hybridized carbons (Fsp3) is 0.333. The van der Waals surface area contributed by atoms with Crippen molar-refractivity contribution >= 4 is 17.4 Å². The number of methoxy groups -OCH3 is 2. The van der Waals surface area contributed by atoms with Gasteiger partial charge in [-0.1, -0.05) is 13.3 Å². The lowest BCUT2D eigenvalue weighted by Gasteiger charge is -2.12. The van der Waals surface area contributed by atoms with Crippen LogP contribution in [0.3, 0.4) is 0 Å². The Morgan fingerprint density at radius 2 is 2.00 bits per heavy atom. The molecule has 1 aromatic carbocycles. The molecule has 0 radical (unpaired) electrons. The largest absolute Gasteiger partial charge is 0.497 e. The van der Waals surface area contributed by atoms with Crippen LogP contribution in [-0.4, -0.2) is 31.7 Å². The van der Waals surface area contributed by atoms with Gasteiger partial charge >= 0.3 is 0 Å². The van der Waals surface area contributed by atoms with Crippen LogP contribution in [0.15, 0.2) is 36.5 Å². The molecule has 0 spiro atoms. The van der Waals surface area contributed by atoms with Crippen LogP contribution in [0.2, 0.25) is 0 Å². The molecule has 0 saturated heterocycles. The first-order valence-corrected chi connectivity index (χ1v) is 7.91. The second-order valence-electron chi connectivity index (χ2n) is 5.23. The lowest BCUT2D eigenvalue weighted by atomic mass is 10.2. The van der Waals surface area contributed by atoms with Gasteiger partial charge in [0.15, 0.2) is 0 Å². The number of aromatic nitrogens is 1. The van der Waals surface area contributed by atoms with Crippen LogP contribution in [0.4, 0.5) is 11.5 Å². The number of pyridine rings is 1. The average Bonchev–Trinajstić information content (AvgIpc) is 2.62. The summed E-state index contributed by atoms with van der Waals surface area (Å²) in [5, 5.41) is 6.06. The SMILES string of the molecule is CCCCNc1cc(C(=O)Nc2cc(OC)ccc2OC)ccn1. The molecule has 128 valence electrons. The first-order chi connectivity index (χ1) is 11.7. The third-order valence-corrected chi connectivity index (χ3v) is 3.51. The van der Waals surface area contributed by atoms with Gasteiger partial charge < -0.3 is 20.1 Å². The topological polar surface area (TPSA) is 72.5 Å². The summed E-state index contributed by atoms with van der Waals surface area (Å²) in [6, 6.07) is 8.65. The van der Waals surface area contributed by atoms with E-state index in [0.29, 0.717) is 28.6 Å². The predicted molar refractivity (Wildman–Crippen MR) is 95.1 cm³/mol. The zero-order chi connectivity index (χ0) is 17.4. The van der Waals surface area contributed by atoms with Gasteiger partial charge in [0.25, 0.3) is 5.91 Å². The number of ether oxygens (including phenoxy) is 2. The number of carbonyl (C=O) groups is 1. The lowest BCUT2D eigenvalue weighted by Crippen LogP contribution is -2.13. The molecule has 24 heavy (non-hydrogen) atoms. The Morgan fingerprint density at radius 1 is 1.17 bits per heavy atom. The summed E-state index contributed by atoms with van der Waals surface area (Å²) in [5.41, 5.74) is 1.08. The molecule has 2 rings (SSSR count). The molecular formula is C18H23N3O3. The molecular weight excluding hydrogens is 306 g/mol. The second kappa shape index (κ2) is 8.76. The highest BCUT2D eigenvalue weighted by molar-refractivity contribution is 6.05. The normalized spacial score (nSPS) is 10.1. The van der Waals surface area contributed by atoms with E-state index in [1.54, 1.807) is 50.7 Å². The van der Waals surface area contributed by atoms with Gasteiger partial charge in [-0.2, -0.15) is 0 Å². The molecule has 0 fully saturated rings. The van der Waals surface area contributed by atoms with Crippen LogP contribution < -0.4 is 20.1 Å². The standard InChI is InChI=1S/C18H23N3O3/c1-4-5-9-19-17-11-13(8-10-20-17)18(22)21-15-12-14(23-2)6-7-16(15)24-3/h6-8,10-12H,4-5,9H2,1-3H3,(H,19,20)(H,21,22). The zero-order valence-corrected chi connectivity index (χ0v) is 14.3. The summed E-state index contributed by atoms with van der Waals surface area (Å²) in [5.74, 6) is 1.67. The molecule has 0 atom stereocenters. The van der Waals surface area contributed by atoms with Crippen molar-refractivity contribution in [2.45, 2.75) is 19.8 Å². The van der Waals surface area contributed by atoms with Crippen LogP contribution in [0, 0.1) is 0 Å². The number of hydrogen-bond acceptors (Lipinski definition) is 5. The smallest absolute Gasteiger partial charge is 0.255 e. The fourth-order valence-corrected chi connectivity index (χ4v) is 2.17. The Bertz CT molecular complexity index is 689. The van der Waals surface area contributed by atoms with Crippen molar-refractivity contribution in [1.82, 2.24) is 4.98 Å². The molecule has 1 heterocycles. The van der Waals surface area contributed by atoms with Gasteiger partial charge in [0.05, 0.1) is 19.9 Å². The van der Waals surface area contributed by atoms with Crippen molar-refractivity contribution in [1.29, 1.82) is 0 Å². The number of hydrogen-bond donors (Lipinski definition) is 2. The number of anilines is 2. The zero-order valence-electron chi connectivity index (χ0n) is 14.3. The van der Waals surface area contributed by atoms with E-state index in [1.807, 2.05) is 0 Å². The second-order valence-corrected chi connectivity index (χ2v) is 5.23. The lowest BCUT2D eigenvalue weighted by molar-refractivity contribution is 0.102. The van der Waals surface area contributed by atoms with E-state index in [4.69, 9.17) is 9.47 Å². The number of unbranched alkanes of at least 4 members (excludes halogenated alkanes) is 1. The Morgan fingerprint density at radius 3 is 2.71 bits per heavy atom. The minimum atomic E-state index is -0.234. The van der Waals surface area contributed by atoms with Gasteiger partial charge in [-0.05, 0) is 30.7 Å². The maximum Gasteiger partial charge on any atom is 0.255 e. The molecule has 6 nitrogen and oxygen atoms in total. The Labute approximate surface area is 142 Å². The number of nitrogens with zero attached hydrogens (tertiary/aromatic N) is 1. The van der Waals surface area contributed by atoms with Gasteiger partial charge in [-0.25, -0.2) is 4.98 Å². The molecule has 2 N–H and O–H groups in total. The summed E-state index contributed by atoms with van der Waals surface area (Å²) in [4.78, 5) is 16.7. The number of rotatable bonds is 8. The van der Waals surface area contributed by atoms with E-state index < -0.39 is 0 Å². The maximum atomic E-state index is 12.5. The Hall–Kier alpha value is -2.76. The van der Waals surface area contributed by atoms with E-state index in [-0.39, 0.29) is 5.91 Å². The van der Waals surface area contributed by atoms with Crippen molar-refractivity contribution in [3.05, 3.63) is 42.1 Å². The van der Waals surface area contributed by atoms with Gasteiger partial charge in [0, 0.05) is 24.4 Å². The van der Waals surface area contributed by atoms with Crippen molar-refractivity contribution in [2.24, 2.45) is 0 Å². The Kier molecular flexibility index (Phi) is 6.42. The number of nitrogens with one attached hydrogen (secondary N) is 2. The number of carbonyl (C=O) groups excluding carboxylic acids is 1. The molecule has 1 amide bonds. The summed E-state index contributed by atoms with van der Waals surface area (Å²) < 4.78 is 10.5. The molecule has 1 aromatic heterocycles. The first kappa shape index (κ1) is 17.6.